The lowest BCUT2D eigenvalue weighted by Crippen LogP contribution is -2.23. The van der Waals surface area contributed by atoms with Crippen LogP contribution < -0.4 is 5.32 Å². The van der Waals surface area contributed by atoms with Crippen LogP contribution in [0, 0.1) is 12.3 Å². The van der Waals surface area contributed by atoms with Gasteiger partial charge in [-0.15, -0.1) is 12.3 Å². The number of rotatable bonds is 4. The molecule has 0 unspecified atom stereocenters. The lowest BCUT2D eigenvalue weighted by molar-refractivity contribution is 0.0924. The number of carbonyl (C=O) groups excluding carboxylic acids is 1. The maximum absolute atomic E-state index is 11.3. The number of amides is 1. The van der Waals surface area contributed by atoms with E-state index in [4.69, 9.17) is 10.8 Å². The van der Waals surface area contributed by atoms with Crippen molar-refractivity contribution in [3.63, 3.8) is 0 Å². The van der Waals surface area contributed by atoms with Crippen LogP contribution in [0.2, 0.25) is 0 Å². The molecule has 0 aliphatic rings. The van der Waals surface area contributed by atoms with E-state index >= 15 is 0 Å². The number of hydrogen-bond donors (Lipinski definition) is 1. The second-order valence-corrected chi connectivity index (χ2v) is 3.45. The van der Waals surface area contributed by atoms with Gasteiger partial charge in [-0.3, -0.25) is 4.79 Å². The summed E-state index contributed by atoms with van der Waals surface area (Å²) in [5.41, 5.74) is 0. The van der Waals surface area contributed by atoms with Gasteiger partial charge in [0, 0.05) is 13.0 Å². The normalized spacial score (nSPS) is 9.43. The first-order chi connectivity index (χ1) is 6.74. The van der Waals surface area contributed by atoms with Crippen molar-refractivity contribution in [2.45, 2.75) is 12.8 Å². The van der Waals surface area contributed by atoms with Crippen molar-refractivity contribution in [2.24, 2.45) is 0 Å². The van der Waals surface area contributed by atoms with E-state index in [1.807, 2.05) is 0 Å². The Morgan fingerprint density at radius 3 is 3.00 bits per heavy atom. The fourth-order valence-corrected chi connectivity index (χ4v) is 1.22. The number of unbranched alkanes of at least 4 members (excludes halogenated alkanes) is 1. The van der Waals surface area contributed by atoms with Crippen molar-refractivity contribution in [3.8, 4) is 12.3 Å². The molecule has 0 aliphatic carbocycles. The van der Waals surface area contributed by atoms with E-state index in [2.05, 4.69) is 27.2 Å². The standard InChI is InChI=1S/C10H10BrNO2/c1-2-3-4-7-12-10(13)8-5-6-9(11)14-8/h1,5-6H,3-4,7H2,(H,12,13). The van der Waals surface area contributed by atoms with Crippen LogP contribution in [0.15, 0.2) is 21.2 Å². The van der Waals surface area contributed by atoms with Gasteiger partial charge in [-0.05, 0) is 34.5 Å². The summed E-state index contributed by atoms with van der Waals surface area (Å²) in [6, 6.07) is 3.29. The number of carbonyl (C=O) groups is 1. The Labute approximate surface area is 91.0 Å². The molecule has 0 atom stereocenters. The fourth-order valence-electron chi connectivity index (χ4n) is 0.916. The Balaban J connectivity index is 2.33. The molecule has 0 spiro atoms. The van der Waals surface area contributed by atoms with E-state index in [0.717, 1.165) is 6.42 Å². The lowest BCUT2D eigenvalue weighted by Gasteiger charge is -1.99. The second kappa shape index (κ2) is 5.51. The molecule has 0 saturated heterocycles. The topological polar surface area (TPSA) is 42.2 Å². The molecule has 1 N–H and O–H groups in total. The lowest BCUT2D eigenvalue weighted by atomic mass is 10.3. The van der Waals surface area contributed by atoms with Gasteiger partial charge in [0.25, 0.3) is 5.91 Å². The third-order valence-electron chi connectivity index (χ3n) is 1.58. The third-order valence-corrected chi connectivity index (χ3v) is 2.01. The van der Waals surface area contributed by atoms with Crippen LogP contribution in [-0.4, -0.2) is 12.5 Å². The molecule has 1 aromatic heterocycles. The van der Waals surface area contributed by atoms with Crippen LogP contribution >= 0.6 is 15.9 Å². The summed E-state index contributed by atoms with van der Waals surface area (Å²) in [5, 5.41) is 2.70. The second-order valence-electron chi connectivity index (χ2n) is 2.67. The van der Waals surface area contributed by atoms with Crippen molar-refractivity contribution >= 4 is 21.8 Å². The van der Waals surface area contributed by atoms with Gasteiger partial charge < -0.3 is 9.73 Å². The van der Waals surface area contributed by atoms with Gasteiger partial charge in [0.15, 0.2) is 10.4 Å². The van der Waals surface area contributed by atoms with Crippen molar-refractivity contribution in [2.75, 3.05) is 6.54 Å². The predicted octanol–water partition coefficient (Wildman–Crippen LogP) is 2.19. The minimum Gasteiger partial charge on any atom is -0.444 e. The van der Waals surface area contributed by atoms with Crippen LogP contribution in [0.3, 0.4) is 0 Å². The van der Waals surface area contributed by atoms with E-state index in [1.54, 1.807) is 12.1 Å². The first-order valence-corrected chi connectivity index (χ1v) is 5.00. The first kappa shape index (κ1) is 10.9. The minimum absolute atomic E-state index is 0.215. The Hall–Kier alpha value is -1.21. The van der Waals surface area contributed by atoms with Gasteiger partial charge in [0.1, 0.15) is 0 Å². The molecule has 0 radical (unpaired) electrons. The van der Waals surface area contributed by atoms with Gasteiger partial charge in [0.2, 0.25) is 0 Å². The predicted molar refractivity (Wildman–Crippen MR) is 56.8 cm³/mol. The van der Waals surface area contributed by atoms with E-state index in [-0.39, 0.29) is 5.91 Å². The van der Waals surface area contributed by atoms with Crippen LogP contribution in [0.5, 0.6) is 0 Å². The molecule has 0 aromatic carbocycles. The average Bonchev–Trinajstić information content (AvgIpc) is 2.59. The van der Waals surface area contributed by atoms with Gasteiger partial charge >= 0.3 is 0 Å². The molecule has 1 rings (SSSR count). The summed E-state index contributed by atoms with van der Waals surface area (Å²) in [7, 11) is 0. The molecular formula is C10H10BrNO2. The molecule has 0 saturated carbocycles. The summed E-state index contributed by atoms with van der Waals surface area (Å²) >= 11 is 3.12. The highest BCUT2D eigenvalue weighted by molar-refractivity contribution is 9.10. The summed E-state index contributed by atoms with van der Waals surface area (Å²) in [4.78, 5) is 11.3. The van der Waals surface area contributed by atoms with E-state index in [9.17, 15) is 4.79 Å². The summed E-state index contributed by atoms with van der Waals surface area (Å²) in [6.07, 6.45) is 6.52. The van der Waals surface area contributed by atoms with Crippen molar-refractivity contribution in [1.29, 1.82) is 0 Å². The molecule has 1 heterocycles. The van der Waals surface area contributed by atoms with Gasteiger partial charge in [-0.1, -0.05) is 0 Å². The molecule has 14 heavy (non-hydrogen) atoms. The molecule has 74 valence electrons. The molecule has 3 nitrogen and oxygen atoms in total. The van der Waals surface area contributed by atoms with Gasteiger partial charge in [-0.2, -0.15) is 0 Å². The Bertz CT molecular complexity index is 351. The number of nitrogens with one attached hydrogen (secondary N) is 1. The van der Waals surface area contributed by atoms with Gasteiger partial charge in [-0.25, -0.2) is 0 Å². The highest BCUT2D eigenvalue weighted by Crippen LogP contribution is 2.13. The minimum atomic E-state index is -0.215. The van der Waals surface area contributed by atoms with Crippen molar-refractivity contribution in [1.82, 2.24) is 5.32 Å². The quantitative estimate of drug-likeness (QED) is 0.662. The Morgan fingerprint density at radius 1 is 1.64 bits per heavy atom. The Kier molecular flexibility index (Phi) is 4.27. The van der Waals surface area contributed by atoms with Crippen molar-refractivity contribution < 1.29 is 9.21 Å². The zero-order valence-electron chi connectivity index (χ0n) is 7.55. The summed E-state index contributed by atoms with van der Waals surface area (Å²) in [6.45, 7) is 0.571. The van der Waals surface area contributed by atoms with Crippen LogP contribution in [0.4, 0.5) is 0 Å². The van der Waals surface area contributed by atoms with Crippen LogP contribution in [-0.2, 0) is 0 Å². The van der Waals surface area contributed by atoms with Gasteiger partial charge in [0.05, 0.1) is 0 Å². The number of furan rings is 1. The highest BCUT2D eigenvalue weighted by Gasteiger charge is 2.08. The maximum Gasteiger partial charge on any atom is 0.287 e. The molecule has 0 fully saturated rings. The summed E-state index contributed by atoms with van der Waals surface area (Å²) < 4.78 is 5.61. The van der Waals surface area contributed by atoms with E-state index in [0.29, 0.717) is 23.4 Å². The number of hydrogen-bond acceptors (Lipinski definition) is 2. The average molecular weight is 256 g/mol. The zero-order chi connectivity index (χ0) is 10.4. The first-order valence-electron chi connectivity index (χ1n) is 4.21. The number of halogens is 1. The van der Waals surface area contributed by atoms with Crippen molar-refractivity contribution in [3.05, 3.63) is 22.6 Å². The SMILES string of the molecule is C#CCCCNC(=O)c1ccc(Br)o1. The van der Waals surface area contributed by atoms with Crippen LogP contribution in [0.25, 0.3) is 0 Å². The van der Waals surface area contributed by atoms with E-state index < -0.39 is 0 Å². The van der Waals surface area contributed by atoms with Crippen LogP contribution in [0.1, 0.15) is 23.4 Å². The molecule has 0 bridgehead atoms. The monoisotopic (exact) mass is 255 g/mol. The van der Waals surface area contributed by atoms with E-state index in [1.165, 1.54) is 0 Å². The maximum atomic E-state index is 11.3. The Morgan fingerprint density at radius 2 is 2.43 bits per heavy atom. The smallest absolute Gasteiger partial charge is 0.287 e. The molecule has 1 aromatic rings. The molecule has 4 heteroatoms. The highest BCUT2D eigenvalue weighted by atomic mass is 79.9. The third kappa shape index (κ3) is 3.27. The summed E-state index contributed by atoms with van der Waals surface area (Å²) in [5.74, 6) is 2.59. The zero-order valence-corrected chi connectivity index (χ0v) is 9.13. The largest absolute Gasteiger partial charge is 0.444 e. The number of terminal acetylenes is 1. The molecule has 0 aliphatic heterocycles. The fraction of sp³-hybridized carbons (Fsp3) is 0.300. The molecular weight excluding hydrogens is 246 g/mol. The molecule has 1 amide bonds.